The number of nitrogens with one attached hydrogen (secondary N) is 1. The van der Waals surface area contributed by atoms with Crippen molar-refractivity contribution in [1.29, 1.82) is 0 Å². The average Bonchev–Trinajstić information content (AvgIpc) is 2.64. The SMILES string of the molecule is COc1cccc2c1[nH]c(=S)n2C(C)(C)C(N)=O. The van der Waals surface area contributed by atoms with Gasteiger partial charge in [0.05, 0.1) is 12.6 Å². The number of fused-ring (bicyclic) bond motifs is 1. The summed E-state index contributed by atoms with van der Waals surface area (Å²) < 4.78 is 7.42. The molecular weight excluding hydrogens is 250 g/mol. The number of carbonyl (C=O) groups is 1. The second-order valence-corrected chi connectivity index (χ2v) is 4.93. The molecule has 0 aliphatic heterocycles. The third-order valence-corrected chi connectivity index (χ3v) is 3.35. The number of hydrogen-bond donors (Lipinski definition) is 2. The van der Waals surface area contributed by atoms with Gasteiger partial charge in [-0.2, -0.15) is 0 Å². The normalized spacial score (nSPS) is 11.7. The molecule has 1 heterocycles. The number of ether oxygens (including phenoxy) is 1. The predicted molar refractivity (Wildman–Crippen MR) is 72.2 cm³/mol. The molecule has 0 radical (unpaired) electrons. The molecular formula is C12H15N3O2S. The quantitative estimate of drug-likeness (QED) is 0.833. The molecule has 6 heteroatoms. The minimum absolute atomic E-state index is 0.442. The van der Waals surface area contributed by atoms with Crippen LogP contribution in [-0.2, 0) is 10.3 Å². The van der Waals surface area contributed by atoms with Gasteiger partial charge in [0.15, 0.2) is 4.77 Å². The monoisotopic (exact) mass is 265 g/mol. The number of methoxy groups -OCH3 is 1. The van der Waals surface area contributed by atoms with Crippen molar-refractivity contribution in [3.8, 4) is 5.75 Å². The van der Waals surface area contributed by atoms with E-state index in [1.165, 1.54) is 0 Å². The molecule has 2 rings (SSSR count). The zero-order valence-electron chi connectivity index (χ0n) is 10.5. The van der Waals surface area contributed by atoms with Gasteiger partial charge in [-0.3, -0.25) is 4.79 Å². The molecule has 1 aromatic carbocycles. The highest BCUT2D eigenvalue weighted by molar-refractivity contribution is 7.71. The van der Waals surface area contributed by atoms with E-state index in [4.69, 9.17) is 22.7 Å². The van der Waals surface area contributed by atoms with Crippen molar-refractivity contribution in [2.75, 3.05) is 7.11 Å². The number of aromatic amines is 1. The second-order valence-electron chi connectivity index (χ2n) is 4.54. The van der Waals surface area contributed by atoms with Gasteiger partial charge in [0, 0.05) is 0 Å². The topological polar surface area (TPSA) is 73.0 Å². The number of primary amides is 1. The zero-order valence-corrected chi connectivity index (χ0v) is 11.3. The van der Waals surface area contributed by atoms with E-state index in [2.05, 4.69) is 4.98 Å². The Morgan fingerprint density at radius 2 is 2.17 bits per heavy atom. The first-order valence-corrected chi connectivity index (χ1v) is 5.88. The largest absolute Gasteiger partial charge is 0.494 e. The molecule has 0 fully saturated rings. The van der Waals surface area contributed by atoms with Crippen molar-refractivity contribution in [2.24, 2.45) is 5.73 Å². The number of aromatic nitrogens is 2. The van der Waals surface area contributed by atoms with Crippen molar-refractivity contribution in [1.82, 2.24) is 9.55 Å². The first kappa shape index (κ1) is 12.6. The van der Waals surface area contributed by atoms with Gasteiger partial charge in [-0.15, -0.1) is 0 Å². The molecule has 0 aliphatic rings. The summed E-state index contributed by atoms with van der Waals surface area (Å²) in [6, 6.07) is 5.54. The molecule has 18 heavy (non-hydrogen) atoms. The van der Waals surface area contributed by atoms with Gasteiger partial charge in [-0.05, 0) is 38.2 Å². The van der Waals surface area contributed by atoms with Crippen LogP contribution in [0.3, 0.4) is 0 Å². The second kappa shape index (κ2) is 4.13. The van der Waals surface area contributed by atoms with Crippen molar-refractivity contribution in [3.63, 3.8) is 0 Å². The molecule has 5 nitrogen and oxygen atoms in total. The van der Waals surface area contributed by atoms with Crippen molar-refractivity contribution in [3.05, 3.63) is 23.0 Å². The van der Waals surface area contributed by atoms with Crippen LogP contribution in [0.15, 0.2) is 18.2 Å². The van der Waals surface area contributed by atoms with Gasteiger partial charge in [0.25, 0.3) is 0 Å². The molecule has 0 unspecified atom stereocenters. The number of carbonyl (C=O) groups excluding carboxylic acids is 1. The highest BCUT2D eigenvalue weighted by Crippen LogP contribution is 2.29. The molecule has 1 amide bonds. The standard InChI is InChI=1S/C12H15N3O2S/c1-12(2,10(13)16)15-7-5-4-6-8(17-3)9(7)14-11(15)18/h4-6H,1-3H3,(H2,13,16)(H,14,18). The third-order valence-electron chi connectivity index (χ3n) is 3.06. The lowest BCUT2D eigenvalue weighted by molar-refractivity contribution is -0.124. The van der Waals surface area contributed by atoms with Gasteiger partial charge < -0.3 is 20.0 Å². The van der Waals surface area contributed by atoms with Gasteiger partial charge in [-0.25, -0.2) is 0 Å². The summed E-state index contributed by atoms with van der Waals surface area (Å²) in [5.41, 5.74) is 6.10. The zero-order chi connectivity index (χ0) is 13.5. The summed E-state index contributed by atoms with van der Waals surface area (Å²) in [4.78, 5) is 14.6. The van der Waals surface area contributed by atoms with Crippen LogP contribution in [0.2, 0.25) is 0 Å². The average molecular weight is 265 g/mol. The Bertz CT molecular complexity index is 670. The van der Waals surface area contributed by atoms with Crippen LogP contribution in [0, 0.1) is 4.77 Å². The van der Waals surface area contributed by atoms with E-state index >= 15 is 0 Å². The van der Waals surface area contributed by atoms with Gasteiger partial charge >= 0.3 is 0 Å². The number of hydrogen-bond acceptors (Lipinski definition) is 3. The number of H-pyrrole nitrogens is 1. The molecule has 96 valence electrons. The summed E-state index contributed by atoms with van der Waals surface area (Å²) in [6.07, 6.45) is 0. The van der Waals surface area contributed by atoms with Crippen molar-refractivity contribution < 1.29 is 9.53 Å². The Balaban J connectivity index is 2.85. The summed E-state index contributed by atoms with van der Waals surface area (Å²) >= 11 is 5.27. The van der Waals surface area contributed by atoms with E-state index < -0.39 is 11.4 Å². The van der Waals surface area contributed by atoms with E-state index in [1.54, 1.807) is 25.5 Å². The Kier molecular flexibility index (Phi) is 2.90. The lowest BCUT2D eigenvalue weighted by atomic mass is 10.0. The summed E-state index contributed by atoms with van der Waals surface area (Å²) in [5.74, 6) is 0.236. The Hall–Kier alpha value is -1.82. The molecule has 0 spiro atoms. The Labute approximate surface area is 110 Å². The maximum absolute atomic E-state index is 11.6. The number of nitrogens with zero attached hydrogens (tertiary/aromatic N) is 1. The van der Waals surface area contributed by atoms with Gasteiger partial charge in [0.2, 0.25) is 5.91 Å². The van der Waals surface area contributed by atoms with E-state index in [1.807, 2.05) is 18.2 Å². The fourth-order valence-corrected chi connectivity index (χ4v) is 2.37. The molecule has 2 aromatic rings. The smallest absolute Gasteiger partial charge is 0.243 e. The summed E-state index contributed by atoms with van der Waals surface area (Å²) in [7, 11) is 1.59. The molecule has 1 aromatic heterocycles. The van der Waals surface area contributed by atoms with Crippen LogP contribution in [0.4, 0.5) is 0 Å². The molecule has 0 atom stereocenters. The number of benzene rings is 1. The van der Waals surface area contributed by atoms with E-state index in [0.717, 1.165) is 11.0 Å². The minimum Gasteiger partial charge on any atom is -0.494 e. The number of para-hydroxylation sites is 1. The van der Waals surface area contributed by atoms with Gasteiger partial charge in [-0.1, -0.05) is 6.07 Å². The van der Waals surface area contributed by atoms with E-state index in [9.17, 15) is 4.79 Å². The highest BCUT2D eigenvalue weighted by atomic mass is 32.1. The number of nitrogens with two attached hydrogens (primary N) is 1. The first-order valence-electron chi connectivity index (χ1n) is 5.47. The highest BCUT2D eigenvalue weighted by Gasteiger charge is 2.30. The third kappa shape index (κ3) is 1.69. The van der Waals surface area contributed by atoms with Crippen LogP contribution < -0.4 is 10.5 Å². The molecule has 0 saturated heterocycles. The molecule has 0 bridgehead atoms. The van der Waals surface area contributed by atoms with Crippen LogP contribution in [0.5, 0.6) is 5.75 Å². The Morgan fingerprint density at radius 3 is 2.72 bits per heavy atom. The van der Waals surface area contributed by atoms with Crippen molar-refractivity contribution >= 4 is 29.2 Å². The number of rotatable bonds is 3. The minimum atomic E-state index is -0.901. The predicted octanol–water partition coefficient (Wildman–Crippen LogP) is 1.93. The van der Waals surface area contributed by atoms with Gasteiger partial charge in [0.1, 0.15) is 16.8 Å². The fraction of sp³-hybridized carbons (Fsp3) is 0.333. The summed E-state index contributed by atoms with van der Waals surface area (Å²) in [5, 5.41) is 0. The number of imidazole rings is 1. The van der Waals surface area contributed by atoms with Crippen LogP contribution in [-0.4, -0.2) is 22.6 Å². The lowest BCUT2D eigenvalue weighted by Gasteiger charge is -2.23. The molecule has 3 N–H and O–H groups in total. The van der Waals surface area contributed by atoms with E-state index in [0.29, 0.717) is 10.5 Å². The molecule has 0 saturated carbocycles. The van der Waals surface area contributed by atoms with Crippen LogP contribution in [0.25, 0.3) is 11.0 Å². The van der Waals surface area contributed by atoms with E-state index in [-0.39, 0.29) is 0 Å². The maximum atomic E-state index is 11.6. The maximum Gasteiger partial charge on any atom is 0.243 e. The molecule has 0 aliphatic carbocycles. The lowest BCUT2D eigenvalue weighted by Crippen LogP contribution is -2.41. The fourth-order valence-electron chi connectivity index (χ4n) is 1.94. The van der Waals surface area contributed by atoms with Crippen LogP contribution in [0.1, 0.15) is 13.8 Å². The summed E-state index contributed by atoms with van der Waals surface area (Å²) in [6.45, 7) is 3.47. The number of amides is 1. The Morgan fingerprint density at radius 1 is 1.50 bits per heavy atom. The van der Waals surface area contributed by atoms with Crippen molar-refractivity contribution in [2.45, 2.75) is 19.4 Å². The first-order chi connectivity index (χ1) is 8.39. The van der Waals surface area contributed by atoms with Crippen LogP contribution >= 0.6 is 12.2 Å².